The SMILES string of the molecule is O=C(Nc1n[nH]c2ccc(OCc3ccccc3C(F)(F)F)cc12)c1ccc(OC(F)(F)F)cc1. The standard InChI is InChI=1S/C23H15F6N3O3/c24-22(25,26)18-4-2-1-3-14(18)12-34-16-9-10-19-17(11-16)20(32-31-19)30-21(33)13-5-7-15(8-6-13)35-23(27,28)29/h1-11H,12H2,(H2,30,31,32,33). The lowest BCUT2D eigenvalue weighted by atomic mass is 10.1. The molecule has 6 nitrogen and oxygen atoms in total. The molecule has 0 fully saturated rings. The molecule has 35 heavy (non-hydrogen) atoms. The van der Waals surface area contributed by atoms with Crippen molar-refractivity contribution in [3.05, 3.63) is 83.4 Å². The van der Waals surface area contributed by atoms with Crippen molar-refractivity contribution in [1.82, 2.24) is 10.2 Å². The minimum absolute atomic E-state index is 0.0428. The molecule has 0 unspecified atom stereocenters. The van der Waals surface area contributed by atoms with Crippen molar-refractivity contribution in [2.75, 3.05) is 5.32 Å². The minimum atomic E-state index is -4.85. The van der Waals surface area contributed by atoms with Crippen LogP contribution in [0.5, 0.6) is 11.5 Å². The molecule has 0 saturated heterocycles. The number of halogens is 6. The first-order valence-electron chi connectivity index (χ1n) is 9.93. The lowest BCUT2D eigenvalue weighted by Crippen LogP contribution is -2.17. The number of fused-ring (bicyclic) bond motifs is 1. The number of carbonyl (C=O) groups excluding carboxylic acids is 1. The molecule has 0 bridgehead atoms. The van der Waals surface area contributed by atoms with Gasteiger partial charge >= 0.3 is 12.5 Å². The lowest BCUT2D eigenvalue weighted by Gasteiger charge is -2.13. The fraction of sp³-hybridized carbons (Fsp3) is 0.130. The number of hydrogen-bond donors (Lipinski definition) is 2. The smallest absolute Gasteiger partial charge is 0.489 e. The van der Waals surface area contributed by atoms with E-state index in [1.54, 1.807) is 6.07 Å². The molecular weight excluding hydrogens is 480 g/mol. The first-order chi connectivity index (χ1) is 16.5. The van der Waals surface area contributed by atoms with Crippen LogP contribution in [0.3, 0.4) is 0 Å². The molecule has 0 aliphatic carbocycles. The van der Waals surface area contributed by atoms with Crippen LogP contribution in [0.2, 0.25) is 0 Å². The summed E-state index contributed by atoms with van der Waals surface area (Å²) in [6, 6.07) is 13.9. The molecule has 4 rings (SSSR count). The number of benzene rings is 3. The van der Waals surface area contributed by atoms with E-state index in [-0.39, 0.29) is 29.3 Å². The maximum absolute atomic E-state index is 13.2. The summed E-state index contributed by atoms with van der Waals surface area (Å²) in [5, 5.41) is 9.64. The zero-order valence-electron chi connectivity index (χ0n) is 17.5. The number of nitrogens with one attached hydrogen (secondary N) is 2. The van der Waals surface area contributed by atoms with Gasteiger partial charge in [0.2, 0.25) is 0 Å². The second kappa shape index (κ2) is 9.20. The second-order valence-corrected chi connectivity index (χ2v) is 7.25. The zero-order valence-corrected chi connectivity index (χ0v) is 17.5. The predicted molar refractivity (Wildman–Crippen MR) is 113 cm³/mol. The maximum Gasteiger partial charge on any atom is 0.573 e. The Hall–Kier alpha value is -4.22. The first kappa shape index (κ1) is 23.9. The third-order valence-corrected chi connectivity index (χ3v) is 4.83. The number of ether oxygens (including phenoxy) is 2. The average molecular weight is 495 g/mol. The number of aromatic nitrogens is 2. The summed E-state index contributed by atoms with van der Waals surface area (Å²) in [5.74, 6) is -0.794. The van der Waals surface area contributed by atoms with E-state index in [0.29, 0.717) is 10.9 Å². The quantitative estimate of drug-likeness (QED) is 0.308. The summed E-state index contributed by atoms with van der Waals surface area (Å²) in [6.45, 7) is -0.340. The third kappa shape index (κ3) is 5.83. The van der Waals surface area contributed by atoms with Gasteiger partial charge in [-0.1, -0.05) is 18.2 Å². The molecule has 1 heterocycles. The van der Waals surface area contributed by atoms with E-state index in [9.17, 15) is 31.1 Å². The molecule has 0 atom stereocenters. The summed E-state index contributed by atoms with van der Waals surface area (Å²) >= 11 is 0. The Labute approximate surface area is 193 Å². The predicted octanol–water partition coefficient (Wildman–Crippen LogP) is 6.31. The highest BCUT2D eigenvalue weighted by Crippen LogP contribution is 2.33. The highest BCUT2D eigenvalue weighted by Gasteiger charge is 2.33. The molecule has 0 saturated carbocycles. The van der Waals surface area contributed by atoms with Gasteiger partial charge in [-0.15, -0.1) is 13.2 Å². The number of H-pyrrole nitrogens is 1. The fourth-order valence-electron chi connectivity index (χ4n) is 3.25. The normalized spacial score (nSPS) is 11.9. The molecule has 0 radical (unpaired) electrons. The summed E-state index contributed by atoms with van der Waals surface area (Å²) in [7, 11) is 0. The van der Waals surface area contributed by atoms with E-state index >= 15 is 0 Å². The Morgan fingerprint density at radius 2 is 1.60 bits per heavy atom. The topological polar surface area (TPSA) is 76.2 Å². The van der Waals surface area contributed by atoms with Gasteiger partial charge in [0.05, 0.1) is 11.1 Å². The van der Waals surface area contributed by atoms with E-state index < -0.39 is 29.8 Å². The van der Waals surface area contributed by atoms with Crippen LogP contribution in [0.4, 0.5) is 32.2 Å². The van der Waals surface area contributed by atoms with Gasteiger partial charge in [-0.3, -0.25) is 9.89 Å². The number of alkyl halides is 6. The van der Waals surface area contributed by atoms with E-state index in [4.69, 9.17) is 4.74 Å². The maximum atomic E-state index is 13.2. The number of amides is 1. The van der Waals surface area contributed by atoms with Gasteiger partial charge in [0.1, 0.15) is 18.1 Å². The van der Waals surface area contributed by atoms with Crippen molar-refractivity contribution in [2.24, 2.45) is 0 Å². The van der Waals surface area contributed by atoms with Crippen molar-refractivity contribution < 1.29 is 40.6 Å². The van der Waals surface area contributed by atoms with Crippen LogP contribution in [0.1, 0.15) is 21.5 Å². The van der Waals surface area contributed by atoms with Gasteiger partial charge in [0.15, 0.2) is 5.82 Å². The van der Waals surface area contributed by atoms with Gasteiger partial charge in [-0.2, -0.15) is 18.3 Å². The zero-order chi connectivity index (χ0) is 25.2. The van der Waals surface area contributed by atoms with Crippen molar-refractivity contribution in [3.8, 4) is 11.5 Å². The highest BCUT2D eigenvalue weighted by atomic mass is 19.4. The van der Waals surface area contributed by atoms with Gasteiger partial charge in [-0.05, 0) is 48.5 Å². The van der Waals surface area contributed by atoms with Gasteiger partial charge in [0.25, 0.3) is 5.91 Å². The lowest BCUT2D eigenvalue weighted by molar-refractivity contribution is -0.274. The molecule has 0 aliphatic rings. The summed E-state index contributed by atoms with van der Waals surface area (Å²) < 4.78 is 85.7. The Morgan fingerprint density at radius 1 is 0.914 bits per heavy atom. The van der Waals surface area contributed by atoms with Crippen molar-refractivity contribution in [2.45, 2.75) is 19.1 Å². The Balaban J connectivity index is 1.49. The van der Waals surface area contributed by atoms with Gasteiger partial charge in [0, 0.05) is 16.5 Å². The van der Waals surface area contributed by atoms with E-state index in [0.717, 1.165) is 30.3 Å². The number of hydrogen-bond acceptors (Lipinski definition) is 4. The van der Waals surface area contributed by atoms with E-state index in [1.807, 2.05) is 0 Å². The summed E-state index contributed by atoms with van der Waals surface area (Å²) in [5.41, 5.74) is -0.285. The number of anilines is 1. The Kier molecular flexibility index (Phi) is 6.29. The molecule has 0 aliphatic heterocycles. The number of rotatable bonds is 6. The average Bonchev–Trinajstić information content (AvgIpc) is 3.18. The Morgan fingerprint density at radius 3 is 2.29 bits per heavy atom. The van der Waals surface area contributed by atoms with Gasteiger partial charge in [-0.25, -0.2) is 0 Å². The first-order valence-corrected chi connectivity index (χ1v) is 9.93. The molecule has 1 amide bonds. The molecular formula is C23H15F6N3O3. The van der Waals surface area contributed by atoms with Crippen LogP contribution in [0, 0.1) is 0 Å². The number of aromatic amines is 1. The number of nitrogens with zero attached hydrogens (tertiary/aromatic N) is 1. The second-order valence-electron chi connectivity index (χ2n) is 7.25. The van der Waals surface area contributed by atoms with Crippen LogP contribution in [0.25, 0.3) is 10.9 Å². The Bertz CT molecular complexity index is 1350. The van der Waals surface area contributed by atoms with Crippen LogP contribution >= 0.6 is 0 Å². The monoisotopic (exact) mass is 495 g/mol. The largest absolute Gasteiger partial charge is 0.573 e. The minimum Gasteiger partial charge on any atom is -0.489 e. The fourth-order valence-corrected chi connectivity index (χ4v) is 3.25. The third-order valence-electron chi connectivity index (χ3n) is 4.83. The van der Waals surface area contributed by atoms with Crippen molar-refractivity contribution >= 4 is 22.6 Å². The van der Waals surface area contributed by atoms with Crippen molar-refractivity contribution in [1.29, 1.82) is 0 Å². The highest BCUT2D eigenvalue weighted by molar-refractivity contribution is 6.08. The van der Waals surface area contributed by atoms with E-state index in [1.165, 1.54) is 30.3 Å². The van der Waals surface area contributed by atoms with Crippen LogP contribution in [-0.4, -0.2) is 22.5 Å². The summed E-state index contributed by atoms with van der Waals surface area (Å²) in [6.07, 6.45) is -9.38. The van der Waals surface area contributed by atoms with Gasteiger partial charge < -0.3 is 14.8 Å². The molecule has 12 heteroatoms. The molecule has 3 aromatic carbocycles. The molecule has 2 N–H and O–H groups in total. The molecule has 4 aromatic rings. The molecule has 1 aromatic heterocycles. The molecule has 0 spiro atoms. The van der Waals surface area contributed by atoms with Crippen LogP contribution in [-0.2, 0) is 12.8 Å². The van der Waals surface area contributed by atoms with Crippen LogP contribution < -0.4 is 14.8 Å². The van der Waals surface area contributed by atoms with Crippen molar-refractivity contribution in [3.63, 3.8) is 0 Å². The molecule has 182 valence electrons. The summed E-state index contributed by atoms with van der Waals surface area (Å²) in [4.78, 5) is 12.5. The number of carbonyl (C=O) groups is 1. The van der Waals surface area contributed by atoms with E-state index in [2.05, 4.69) is 20.3 Å². The van der Waals surface area contributed by atoms with Crippen LogP contribution in [0.15, 0.2) is 66.7 Å².